The van der Waals surface area contributed by atoms with E-state index < -0.39 is 0 Å². The number of rotatable bonds is 17. The number of allylic oxidation sites excluding steroid dienone is 1. The van der Waals surface area contributed by atoms with Crippen molar-refractivity contribution >= 4 is 0 Å². The summed E-state index contributed by atoms with van der Waals surface area (Å²) in [6.07, 6.45) is 25.4. The predicted octanol–water partition coefficient (Wildman–Crippen LogP) is 7.18. The van der Waals surface area contributed by atoms with Crippen molar-refractivity contribution in [3.8, 4) is 0 Å². The molecule has 0 aromatic heterocycles. The molecule has 1 heteroatoms. The highest BCUT2D eigenvalue weighted by molar-refractivity contribution is 4.88. The average Bonchev–Trinajstić information content (AvgIpc) is 2.51. The first-order chi connectivity index (χ1) is 10.8. The SMILES string of the molecule is CCCCCCCCCCCCCCCC=CC(O)CCC. The molecule has 0 rings (SSSR count). The summed E-state index contributed by atoms with van der Waals surface area (Å²) >= 11 is 0. The summed E-state index contributed by atoms with van der Waals surface area (Å²) in [7, 11) is 0. The molecule has 0 amide bonds. The van der Waals surface area contributed by atoms with Gasteiger partial charge >= 0.3 is 0 Å². The molecule has 0 saturated heterocycles. The van der Waals surface area contributed by atoms with E-state index in [1.54, 1.807) is 0 Å². The Bertz CT molecular complexity index is 222. The highest BCUT2D eigenvalue weighted by Gasteiger charge is 1.95. The van der Waals surface area contributed by atoms with Gasteiger partial charge in [0.2, 0.25) is 0 Å². The van der Waals surface area contributed by atoms with Crippen LogP contribution in [0.3, 0.4) is 0 Å². The van der Waals surface area contributed by atoms with E-state index in [4.69, 9.17) is 0 Å². The topological polar surface area (TPSA) is 20.2 Å². The Kier molecular flexibility index (Phi) is 18.5. The van der Waals surface area contributed by atoms with Crippen LogP contribution in [-0.2, 0) is 0 Å². The molecule has 132 valence electrons. The number of hydrogen-bond donors (Lipinski definition) is 1. The molecule has 0 aliphatic rings. The Labute approximate surface area is 140 Å². The number of aliphatic hydroxyl groups is 1. The van der Waals surface area contributed by atoms with E-state index in [-0.39, 0.29) is 6.10 Å². The van der Waals surface area contributed by atoms with Gasteiger partial charge in [-0.3, -0.25) is 0 Å². The first-order valence-electron chi connectivity index (χ1n) is 10.2. The predicted molar refractivity (Wildman–Crippen MR) is 100 cm³/mol. The highest BCUT2D eigenvalue weighted by atomic mass is 16.3. The largest absolute Gasteiger partial charge is 0.389 e. The summed E-state index contributed by atoms with van der Waals surface area (Å²) in [6.45, 7) is 4.40. The molecule has 0 spiro atoms. The summed E-state index contributed by atoms with van der Waals surface area (Å²) in [4.78, 5) is 0. The van der Waals surface area contributed by atoms with Gasteiger partial charge in [0.15, 0.2) is 0 Å². The third-order valence-electron chi connectivity index (χ3n) is 4.42. The van der Waals surface area contributed by atoms with Crippen LogP contribution in [0, 0.1) is 0 Å². The van der Waals surface area contributed by atoms with Crippen LogP contribution in [0.4, 0.5) is 0 Å². The van der Waals surface area contributed by atoms with Crippen LogP contribution in [0.1, 0.15) is 117 Å². The molecule has 0 aliphatic heterocycles. The smallest absolute Gasteiger partial charge is 0.0720 e. The van der Waals surface area contributed by atoms with Crippen LogP contribution in [0.15, 0.2) is 12.2 Å². The molecule has 0 saturated carbocycles. The van der Waals surface area contributed by atoms with Crippen molar-refractivity contribution in [3.05, 3.63) is 12.2 Å². The second-order valence-corrected chi connectivity index (χ2v) is 6.82. The van der Waals surface area contributed by atoms with Crippen molar-refractivity contribution in [1.29, 1.82) is 0 Å². The molecule has 1 N–H and O–H groups in total. The maximum atomic E-state index is 9.57. The maximum Gasteiger partial charge on any atom is 0.0720 e. The van der Waals surface area contributed by atoms with Gasteiger partial charge in [-0.05, 0) is 19.3 Å². The van der Waals surface area contributed by atoms with Gasteiger partial charge in [0.25, 0.3) is 0 Å². The Morgan fingerprint density at radius 2 is 1.09 bits per heavy atom. The zero-order valence-corrected chi connectivity index (χ0v) is 15.5. The average molecular weight is 311 g/mol. The van der Waals surface area contributed by atoms with E-state index in [0.717, 1.165) is 19.3 Å². The second kappa shape index (κ2) is 18.7. The minimum Gasteiger partial charge on any atom is -0.389 e. The zero-order chi connectivity index (χ0) is 16.3. The van der Waals surface area contributed by atoms with E-state index >= 15 is 0 Å². The number of hydrogen-bond acceptors (Lipinski definition) is 1. The maximum absolute atomic E-state index is 9.57. The van der Waals surface area contributed by atoms with Crippen LogP contribution in [0.5, 0.6) is 0 Å². The van der Waals surface area contributed by atoms with Gasteiger partial charge in [0.1, 0.15) is 0 Å². The molecule has 0 fully saturated rings. The van der Waals surface area contributed by atoms with Crippen LogP contribution >= 0.6 is 0 Å². The lowest BCUT2D eigenvalue weighted by molar-refractivity contribution is 0.211. The van der Waals surface area contributed by atoms with Crippen LogP contribution in [-0.4, -0.2) is 11.2 Å². The van der Waals surface area contributed by atoms with E-state index in [1.807, 2.05) is 6.08 Å². The van der Waals surface area contributed by atoms with E-state index in [2.05, 4.69) is 19.9 Å². The van der Waals surface area contributed by atoms with Gasteiger partial charge < -0.3 is 5.11 Å². The molecular formula is C21H42O. The summed E-state index contributed by atoms with van der Waals surface area (Å²) in [5.41, 5.74) is 0. The van der Waals surface area contributed by atoms with Crippen LogP contribution in [0.25, 0.3) is 0 Å². The van der Waals surface area contributed by atoms with Crippen molar-refractivity contribution in [2.45, 2.75) is 123 Å². The molecule has 0 aromatic carbocycles. The van der Waals surface area contributed by atoms with Crippen molar-refractivity contribution in [1.82, 2.24) is 0 Å². The highest BCUT2D eigenvalue weighted by Crippen LogP contribution is 2.13. The van der Waals surface area contributed by atoms with Crippen molar-refractivity contribution in [3.63, 3.8) is 0 Å². The fourth-order valence-electron chi connectivity index (χ4n) is 2.93. The Morgan fingerprint density at radius 3 is 1.55 bits per heavy atom. The molecule has 0 aliphatic carbocycles. The number of aliphatic hydroxyl groups excluding tert-OH is 1. The quantitative estimate of drug-likeness (QED) is 0.223. The molecule has 0 aromatic rings. The Balaban J connectivity index is 3.08. The molecule has 22 heavy (non-hydrogen) atoms. The molecule has 1 nitrogen and oxygen atoms in total. The fourth-order valence-corrected chi connectivity index (χ4v) is 2.93. The molecule has 1 unspecified atom stereocenters. The zero-order valence-electron chi connectivity index (χ0n) is 15.5. The third-order valence-corrected chi connectivity index (χ3v) is 4.42. The van der Waals surface area contributed by atoms with Gasteiger partial charge in [-0.1, -0.05) is 109 Å². The van der Waals surface area contributed by atoms with Crippen molar-refractivity contribution in [2.24, 2.45) is 0 Å². The minimum absolute atomic E-state index is 0.216. The minimum atomic E-state index is -0.216. The molecular weight excluding hydrogens is 268 g/mol. The second-order valence-electron chi connectivity index (χ2n) is 6.82. The summed E-state index contributed by atoms with van der Waals surface area (Å²) in [5.74, 6) is 0. The van der Waals surface area contributed by atoms with Crippen LogP contribution < -0.4 is 0 Å². The van der Waals surface area contributed by atoms with E-state index in [1.165, 1.54) is 83.5 Å². The van der Waals surface area contributed by atoms with Gasteiger partial charge in [0.05, 0.1) is 6.10 Å². The van der Waals surface area contributed by atoms with Gasteiger partial charge in [-0.2, -0.15) is 0 Å². The standard InChI is InChI=1S/C21H42O/c1-3-5-6-7-8-9-10-11-12-13-14-15-16-17-18-20-21(22)19-4-2/h18,20-22H,3-17,19H2,1-2H3. The van der Waals surface area contributed by atoms with Gasteiger partial charge in [0, 0.05) is 0 Å². The lowest BCUT2D eigenvalue weighted by Gasteiger charge is -2.03. The van der Waals surface area contributed by atoms with Crippen LogP contribution in [0.2, 0.25) is 0 Å². The molecule has 0 bridgehead atoms. The lowest BCUT2D eigenvalue weighted by Crippen LogP contribution is -1.99. The van der Waals surface area contributed by atoms with Gasteiger partial charge in [-0.25, -0.2) is 0 Å². The number of unbranched alkanes of at least 4 members (excludes halogenated alkanes) is 13. The summed E-state index contributed by atoms with van der Waals surface area (Å²) in [5, 5.41) is 9.57. The van der Waals surface area contributed by atoms with E-state index in [9.17, 15) is 5.11 Å². The van der Waals surface area contributed by atoms with Gasteiger partial charge in [-0.15, -0.1) is 0 Å². The third kappa shape index (κ3) is 17.8. The fraction of sp³-hybridized carbons (Fsp3) is 0.905. The van der Waals surface area contributed by atoms with E-state index in [0.29, 0.717) is 0 Å². The molecule has 0 radical (unpaired) electrons. The van der Waals surface area contributed by atoms with Crippen molar-refractivity contribution < 1.29 is 5.11 Å². The van der Waals surface area contributed by atoms with Crippen molar-refractivity contribution in [2.75, 3.05) is 0 Å². The Hall–Kier alpha value is -0.300. The molecule has 1 atom stereocenters. The Morgan fingerprint density at radius 1 is 0.636 bits per heavy atom. The first kappa shape index (κ1) is 21.7. The monoisotopic (exact) mass is 310 g/mol. The molecule has 0 heterocycles. The lowest BCUT2D eigenvalue weighted by atomic mass is 10.0. The normalized spacial score (nSPS) is 13.0. The summed E-state index contributed by atoms with van der Waals surface area (Å²) < 4.78 is 0. The first-order valence-corrected chi connectivity index (χ1v) is 10.2. The summed E-state index contributed by atoms with van der Waals surface area (Å²) in [6, 6.07) is 0.